The Labute approximate surface area is 115 Å². The molecular weight excluding hydrogens is 240 g/mol. The van der Waals surface area contributed by atoms with Crippen LogP contribution in [0.3, 0.4) is 0 Å². The van der Waals surface area contributed by atoms with Gasteiger partial charge in [0.2, 0.25) is 5.91 Å². The van der Waals surface area contributed by atoms with Gasteiger partial charge >= 0.3 is 0 Å². The van der Waals surface area contributed by atoms with Crippen LogP contribution in [-0.2, 0) is 4.79 Å². The third-order valence-electron chi connectivity index (χ3n) is 5.31. The lowest BCUT2D eigenvalue weighted by Gasteiger charge is -2.38. The van der Waals surface area contributed by atoms with Gasteiger partial charge < -0.3 is 10.0 Å². The fourth-order valence-corrected chi connectivity index (χ4v) is 4.02. The lowest BCUT2D eigenvalue weighted by atomic mass is 9.98. The zero-order chi connectivity index (χ0) is 13.4. The minimum atomic E-state index is -0.139. The van der Waals surface area contributed by atoms with Crippen molar-refractivity contribution >= 4 is 5.91 Å². The van der Waals surface area contributed by atoms with E-state index in [1.165, 1.54) is 0 Å². The van der Waals surface area contributed by atoms with E-state index in [1.807, 2.05) is 4.90 Å². The largest absolute Gasteiger partial charge is 0.393 e. The molecule has 0 radical (unpaired) electrons. The van der Waals surface area contributed by atoms with Crippen LogP contribution in [0.2, 0.25) is 0 Å². The lowest BCUT2D eigenvalue weighted by molar-refractivity contribution is -0.135. The maximum Gasteiger partial charge on any atom is 0.236 e. The second-order valence-corrected chi connectivity index (χ2v) is 6.75. The highest BCUT2D eigenvalue weighted by molar-refractivity contribution is 5.78. The molecule has 2 bridgehead atoms. The van der Waals surface area contributed by atoms with Crippen LogP contribution in [0.5, 0.6) is 0 Å². The second-order valence-electron chi connectivity index (χ2n) is 6.75. The van der Waals surface area contributed by atoms with Gasteiger partial charge in [-0.15, -0.1) is 0 Å². The summed E-state index contributed by atoms with van der Waals surface area (Å²) in [4.78, 5) is 16.8. The first-order valence-electron chi connectivity index (χ1n) is 7.85. The molecule has 1 N–H and O–H groups in total. The van der Waals surface area contributed by atoms with Crippen molar-refractivity contribution in [2.75, 3.05) is 19.6 Å². The molecule has 0 aromatic rings. The van der Waals surface area contributed by atoms with E-state index >= 15 is 0 Å². The maximum atomic E-state index is 12.4. The number of piperidine rings is 2. The summed E-state index contributed by atoms with van der Waals surface area (Å²) in [6.07, 6.45) is 6.20. The summed E-state index contributed by atoms with van der Waals surface area (Å²) in [5.74, 6) is 1.07. The molecule has 3 heterocycles. The van der Waals surface area contributed by atoms with Crippen LogP contribution in [0.15, 0.2) is 0 Å². The van der Waals surface area contributed by atoms with Gasteiger partial charge in [-0.2, -0.15) is 0 Å². The Morgan fingerprint density at radius 3 is 2.26 bits per heavy atom. The minimum Gasteiger partial charge on any atom is -0.393 e. The molecule has 3 saturated heterocycles. The Morgan fingerprint density at radius 1 is 1.11 bits per heavy atom. The Hall–Kier alpha value is -0.610. The van der Waals surface area contributed by atoms with Crippen LogP contribution in [-0.4, -0.2) is 58.6 Å². The summed E-state index contributed by atoms with van der Waals surface area (Å²) in [6, 6.07) is 0.892. The number of hydrogen-bond acceptors (Lipinski definition) is 3. The molecule has 108 valence electrons. The zero-order valence-corrected chi connectivity index (χ0v) is 11.9. The predicted molar refractivity (Wildman–Crippen MR) is 73.7 cm³/mol. The number of aliphatic hydroxyl groups is 1. The maximum absolute atomic E-state index is 12.4. The van der Waals surface area contributed by atoms with Gasteiger partial charge in [0.1, 0.15) is 0 Å². The van der Waals surface area contributed by atoms with E-state index < -0.39 is 0 Å². The lowest BCUT2D eigenvalue weighted by Crippen LogP contribution is -2.50. The number of nitrogens with zero attached hydrogens (tertiary/aromatic N) is 2. The standard InChI is InChI=1S/C15H26N2O2/c1-11-4-6-16(7-5-11)15(19)10-17-12-2-3-13(17)9-14(18)8-12/h11-14,18H,2-10H2,1H3. The van der Waals surface area contributed by atoms with Gasteiger partial charge in [-0.1, -0.05) is 6.92 Å². The first-order valence-corrected chi connectivity index (χ1v) is 7.85. The highest BCUT2D eigenvalue weighted by atomic mass is 16.3. The Balaban J connectivity index is 1.55. The molecule has 3 rings (SSSR count). The van der Waals surface area contributed by atoms with Gasteiger partial charge in [0, 0.05) is 25.2 Å². The van der Waals surface area contributed by atoms with Gasteiger partial charge in [-0.3, -0.25) is 9.69 Å². The van der Waals surface area contributed by atoms with Crippen LogP contribution >= 0.6 is 0 Å². The zero-order valence-electron chi connectivity index (χ0n) is 11.9. The molecule has 2 atom stereocenters. The van der Waals surface area contributed by atoms with Crippen molar-refractivity contribution in [2.24, 2.45) is 5.92 Å². The molecule has 3 fully saturated rings. The van der Waals surface area contributed by atoms with Gasteiger partial charge in [-0.25, -0.2) is 0 Å². The number of fused-ring (bicyclic) bond motifs is 2. The SMILES string of the molecule is CC1CCN(C(=O)CN2C3CCC2CC(O)C3)CC1. The summed E-state index contributed by atoms with van der Waals surface area (Å²) < 4.78 is 0. The summed E-state index contributed by atoms with van der Waals surface area (Å²) in [5, 5.41) is 9.80. The first-order chi connectivity index (χ1) is 9.13. The fourth-order valence-electron chi connectivity index (χ4n) is 4.02. The van der Waals surface area contributed by atoms with Crippen LogP contribution < -0.4 is 0 Å². The monoisotopic (exact) mass is 266 g/mol. The first kappa shape index (κ1) is 13.4. The van der Waals surface area contributed by atoms with Crippen molar-refractivity contribution in [3.8, 4) is 0 Å². The van der Waals surface area contributed by atoms with Crippen molar-refractivity contribution in [1.82, 2.24) is 9.80 Å². The number of carbonyl (C=O) groups is 1. The Morgan fingerprint density at radius 2 is 1.68 bits per heavy atom. The molecule has 3 aliphatic heterocycles. The predicted octanol–water partition coefficient (Wildman–Crippen LogP) is 1.23. The van der Waals surface area contributed by atoms with Crippen LogP contribution in [0.1, 0.15) is 45.4 Å². The minimum absolute atomic E-state index is 0.139. The normalized spacial score (nSPS) is 36.7. The average molecular weight is 266 g/mol. The third-order valence-corrected chi connectivity index (χ3v) is 5.31. The average Bonchev–Trinajstić information content (AvgIpc) is 2.62. The van der Waals surface area contributed by atoms with Gasteiger partial charge in [0.25, 0.3) is 0 Å². The van der Waals surface area contributed by atoms with Crippen LogP contribution in [0.25, 0.3) is 0 Å². The van der Waals surface area contributed by atoms with E-state index in [2.05, 4.69) is 11.8 Å². The van der Waals surface area contributed by atoms with Crippen molar-refractivity contribution in [3.63, 3.8) is 0 Å². The third kappa shape index (κ3) is 2.79. The molecule has 0 saturated carbocycles. The number of likely N-dealkylation sites (tertiary alicyclic amines) is 1. The molecular formula is C15H26N2O2. The number of hydrogen-bond donors (Lipinski definition) is 1. The second kappa shape index (κ2) is 5.41. The molecule has 2 unspecified atom stereocenters. The number of carbonyl (C=O) groups excluding carboxylic acids is 1. The summed E-state index contributed by atoms with van der Waals surface area (Å²) in [6.45, 7) is 4.72. The topological polar surface area (TPSA) is 43.8 Å². The number of rotatable bonds is 2. The van der Waals surface area contributed by atoms with Crippen molar-refractivity contribution in [3.05, 3.63) is 0 Å². The highest BCUT2D eigenvalue weighted by Gasteiger charge is 2.41. The quantitative estimate of drug-likeness (QED) is 0.817. The molecule has 4 nitrogen and oxygen atoms in total. The van der Waals surface area contributed by atoms with Crippen LogP contribution in [0.4, 0.5) is 0 Å². The van der Waals surface area contributed by atoms with E-state index in [1.54, 1.807) is 0 Å². The smallest absolute Gasteiger partial charge is 0.236 e. The molecule has 0 aromatic carbocycles. The summed E-state index contributed by atoms with van der Waals surface area (Å²) in [5.41, 5.74) is 0. The van der Waals surface area contributed by atoms with Crippen molar-refractivity contribution in [2.45, 2.75) is 63.6 Å². The molecule has 3 aliphatic rings. The van der Waals surface area contributed by atoms with E-state index in [4.69, 9.17) is 0 Å². The van der Waals surface area contributed by atoms with E-state index in [0.717, 1.165) is 57.5 Å². The molecule has 1 amide bonds. The fraction of sp³-hybridized carbons (Fsp3) is 0.933. The molecule has 19 heavy (non-hydrogen) atoms. The summed E-state index contributed by atoms with van der Waals surface area (Å²) >= 11 is 0. The molecule has 4 heteroatoms. The van der Waals surface area contributed by atoms with Gasteiger partial charge in [0.15, 0.2) is 0 Å². The van der Waals surface area contributed by atoms with E-state index in [0.29, 0.717) is 24.5 Å². The number of amides is 1. The Kier molecular flexibility index (Phi) is 3.81. The van der Waals surface area contributed by atoms with Crippen molar-refractivity contribution < 1.29 is 9.90 Å². The Bertz CT molecular complexity index is 325. The van der Waals surface area contributed by atoms with E-state index in [9.17, 15) is 9.90 Å². The molecule has 0 spiro atoms. The number of aliphatic hydroxyl groups excluding tert-OH is 1. The van der Waals surface area contributed by atoms with Crippen LogP contribution in [0, 0.1) is 5.92 Å². The highest BCUT2D eigenvalue weighted by Crippen LogP contribution is 2.35. The molecule has 0 aromatic heterocycles. The molecule has 0 aliphatic carbocycles. The van der Waals surface area contributed by atoms with E-state index in [-0.39, 0.29) is 6.10 Å². The summed E-state index contributed by atoms with van der Waals surface area (Å²) in [7, 11) is 0. The van der Waals surface area contributed by atoms with Gasteiger partial charge in [0.05, 0.1) is 12.6 Å². The van der Waals surface area contributed by atoms with Crippen molar-refractivity contribution in [1.29, 1.82) is 0 Å². The van der Waals surface area contributed by atoms with Gasteiger partial charge in [-0.05, 0) is 44.4 Å².